The molecule has 1 rings (SSSR count). The number of carboxylic acids is 2. The van der Waals surface area contributed by atoms with Gasteiger partial charge in [-0.15, -0.1) is 0 Å². The zero-order valence-corrected chi connectivity index (χ0v) is 20.4. The summed E-state index contributed by atoms with van der Waals surface area (Å²) < 4.78 is 0. The number of primary amides is 1. The number of aliphatic carboxylic acids is 2. The van der Waals surface area contributed by atoms with E-state index in [1.54, 1.807) is 6.26 Å². The van der Waals surface area contributed by atoms with Crippen molar-refractivity contribution in [1.29, 1.82) is 0 Å². The summed E-state index contributed by atoms with van der Waals surface area (Å²) in [5, 5.41) is 25.2. The van der Waals surface area contributed by atoms with Gasteiger partial charge in [-0.1, -0.05) is 0 Å². The first-order valence-corrected chi connectivity index (χ1v) is 12.2. The second-order valence-corrected chi connectivity index (χ2v) is 8.78. The molecule has 0 aliphatic heterocycles. The van der Waals surface area contributed by atoms with Crippen molar-refractivity contribution in [2.75, 3.05) is 12.0 Å². The van der Waals surface area contributed by atoms with E-state index in [9.17, 15) is 33.9 Å². The molecule has 16 heteroatoms. The fourth-order valence-corrected chi connectivity index (χ4v) is 3.46. The summed E-state index contributed by atoms with van der Waals surface area (Å²) in [6, 6.07) is -5.26. The van der Waals surface area contributed by atoms with E-state index in [1.165, 1.54) is 24.3 Å². The first-order valence-electron chi connectivity index (χ1n) is 10.8. The molecule has 4 unspecified atom stereocenters. The molecule has 10 N–H and O–H groups in total. The minimum absolute atomic E-state index is 0.0777. The van der Waals surface area contributed by atoms with Crippen molar-refractivity contribution in [3.8, 4) is 0 Å². The van der Waals surface area contributed by atoms with Gasteiger partial charge in [-0.05, 0) is 24.9 Å². The predicted octanol–water partition coefficient (Wildman–Crippen LogP) is -2.69. The maximum absolute atomic E-state index is 13.0. The number of carbonyl (C=O) groups is 6. The first kappa shape index (κ1) is 30.4. The molecule has 0 saturated carbocycles. The van der Waals surface area contributed by atoms with E-state index >= 15 is 0 Å². The van der Waals surface area contributed by atoms with E-state index in [0.717, 1.165) is 0 Å². The average molecular weight is 530 g/mol. The minimum Gasteiger partial charge on any atom is -0.481 e. The quantitative estimate of drug-likeness (QED) is 0.103. The highest BCUT2D eigenvalue weighted by molar-refractivity contribution is 7.98. The lowest BCUT2D eigenvalue weighted by molar-refractivity contribution is -0.143. The van der Waals surface area contributed by atoms with Crippen LogP contribution in [0.5, 0.6) is 0 Å². The van der Waals surface area contributed by atoms with Crippen molar-refractivity contribution < 1.29 is 39.0 Å². The van der Waals surface area contributed by atoms with Crippen molar-refractivity contribution >= 4 is 47.3 Å². The van der Waals surface area contributed by atoms with E-state index in [4.69, 9.17) is 16.6 Å². The Morgan fingerprint density at radius 1 is 1.00 bits per heavy atom. The number of nitrogens with two attached hydrogens (primary N) is 2. The molecule has 0 saturated heterocycles. The number of aromatic nitrogens is 2. The maximum atomic E-state index is 13.0. The van der Waals surface area contributed by atoms with Crippen LogP contribution in [0.25, 0.3) is 0 Å². The van der Waals surface area contributed by atoms with E-state index in [0.29, 0.717) is 11.4 Å². The Morgan fingerprint density at radius 2 is 1.58 bits per heavy atom. The third kappa shape index (κ3) is 11.2. The molecule has 36 heavy (non-hydrogen) atoms. The third-order valence-electron chi connectivity index (χ3n) is 4.87. The number of imidazole rings is 1. The van der Waals surface area contributed by atoms with Gasteiger partial charge in [0.1, 0.15) is 18.1 Å². The van der Waals surface area contributed by atoms with Crippen molar-refractivity contribution in [2.45, 2.75) is 56.3 Å². The fraction of sp³-hybridized carbons (Fsp3) is 0.550. The molecular formula is C20H31N7O8S. The number of nitrogens with one attached hydrogen (secondary N) is 4. The number of amides is 4. The lowest BCUT2D eigenvalue weighted by atomic mass is 10.1. The molecule has 0 aliphatic carbocycles. The maximum Gasteiger partial charge on any atom is 0.326 e. The van der Waals surface area contributed by atoms with E-state index in [-0.39, 0.29) is 19.3 Å². The number of hydrogen-bond donors (Lipinski definition) is 8. The summed E-state index contributed by atoms with van der Waals surface area (Å²) in [5.41, 5.74) is 11.5. The molecule has 0 spiro atoms. The number of aromatic amines is 1. The van der Waals surface area contributed by atoms with Gasteiger partial charge in [0.25, 0.3) is 0 Å². The van der Waals surface area contributed by atoms with Gasteiger partial charge in [0, 0.05) is 24.7 Å². The number of thioether (sulfide) groups is 1. The predicted molar refractivity (Wildman–Crippen MR) is 127 cm³/mol. The number of H-pyrrole nitrogens is 1. The SMILES string of the molecule is CSCCC(NC(=O)C(CCC(=O)O)NC(=O)C(N)Cc1cnc[nH]1)C(=O)NC(CC(N)=O)C(=O)O. The van der Waals surface area contributed by atoms with Gasteiger partial charge >= 0.3 is 11.9 Å². The monoisotopic (exact) mass is 529 g/mol. The van der Waals surface area contributed by atoms with Gasteiger partial charge in [0.15, 0.2) is 0 Å². The van der Waals surface area contributed by atoms with Crippen molar-refractivity contribution in [2.24, 2.45) is 11.5 Å². The molecule has 1 aromatic rings. The summed E-state index contributed by atoms with van der Waals surface area (Å²) in [6.45, 7) is 0. The van der Waals surface area contributed by atoms with Gasteiger partial charge in [-0.3, -0.25) is 24.0 Å². The summed E-state index contributed by atoms with van der Waals surface area (Å²) in [6.07, 6.45) is 3.38. The smallest absolute Gasteiger partial charge is 0.326 e. The molecule has 0 fully saturated rings. The van der Waals surface area contributed by atoms with Gasteiger partial charge in [0.05, 0.1) is 18.8 Å². The molecule has 0 aliphatic rings. The lowest BCUT2D eigenvalue weighted by Gasteiger charge is -2.25. The van der Waals surface area contributed by atoms with Gasteiger partial charge < -0.3 is 42.6 Å². The summed E-state index contributed by atoms with van der Waals surface area (Å²) in [7, 11) is 0. The highest BCUT2D eigenvalue weighted by atomic mass is 32.2. The zero-order valence-electron chi connectivity index (χ0n) is 19.6. The van der Waals surface area contributed by atoms with E-state index < -0.39 is 72.6 Å². The van der Waals surface area contributed by atoms with Crippen LogP contribution in [0.2, 0.25) is 0 Å². The van der Waals surface area contributed by atoms with E-state index in [1.807, 2.05) is 0 Å². The van der Waals surface area contributed by atoms with Crippen LogP contribution >= 0.6 is 11.8 Å². The molecule has 15 nitrogen and oxygen atoms in total. The van der Waals surface area contributed by atoms with Gasteiger partial charge in [-0.25, -0.2) is 9.78 Å². The van der Waals surface area contributed by atoms with Gasteiger partial charge in [-0.2, -0.15) is 11.8 Å². The van der Waals surface area contributed by atoms with Crippen LogP contribution in [0.3, 0.4) is 0 Å². The lowest BCUT2D eigenvalue weighted by Crippen LogP contribution is -2.57. The summed E-state index contributed by atoms with van der Waals surface area (Å²) in [4.78, 5) is 78.4. The number of hydrogen-bond acceptors (Lipinski definition) is 9. The van der Waals surface area contributed by atoms with Crippen LogP contribution in [0.15, 0.2) is 12.5 Å². The molecule has 1 aromatic heterocycles. The Morgan fingerprint density at radius 3 is 2.08 bits per heavy atom. The molecule has 0 aromatic carbocycles. The molecule has 4 atom stereocenters. The molecule has 1 heterocycles. The Balaban J connectivity index is 2.96. The average Bonchev–Trinajstić information content (AvgIpc) is 3.30. The van der Waals surface area contributed by atoms with Crippen LogP contribution in [0.1, 0.15) is 31.4 Å². The Bertz CT molecular complexity index is 927. The van der Waals surface area contributed by atoms with E-state index in [2.05, 4.69) is 25.9 Å². The van der Waals surface area contributed by atoms with Crippen molar-refractivity contribution in [3.63, 3.8) is 0 Å². The second-order valence-electron chi connectivity index (χ2n) is 7.79. The largest absolute Gasteiger partial charge is 0.481 e. The molecular weight excluding hydrogens is 498 g/mol. The third-order valence-corrected chi connectivity index (χ3v) is 5.52. The summed E-state index contributed by atoms with van der Waals surface area (Å²) >= 11 is 1.36. The van der Waals surface area contributed by atoms with Crippen LogP contribution < -0.4 is 27.4 Å². The Hall–Kier alpha value is -3.66. The summed E-state index contributed by atoms with van der Waals surface area (Å²) in [5.74, 6) is -5.73. The zero-order chi connectivity index (χ0) is 27.3. The van der Waals surface area contributed by atoms with Crippen LogP contribution in [-0.2, 0) is 35.2 Å². The minimum atomic E-state index is -1.60. The fourth-order valence-electron chi connectivity index (χ4n) is 2.99. The normalized spacial score (nSPS) is 14.1. The Labute approximate surface area is 210 Å². The molecule has 4 amide bonds. The Kier molecular flexibility index (Phi) is 13.0. The van der Waals surface area contributed by atoms with Gasteiger partial charge in [0.2, 0.25) is 23.6 Å². The van der Waals surface area contributed by atoms with Crippen LogP contribution in [-0.4, -0.2) is 91.9 Å². The molecule has 0 radical (unpaired) electrons. The van der Waals surface area contributed by atoms with Crippen LogP contribution in [0.4, 0.5) is 0 Å². The number of rotatable bonds is 17. The van der Waals surface area contributed by atoms with Crippen molar-refractivity contribution in [1.82, 2.24) is 25.9 Å². The number of carbonyl (C=O) groups excluding carboxylic acids is 4. The standard InChI is InChI=1S/C20H31N7O8S/c1-36-5-4-13(19(33)27-14(20(34)35)7-15(22)28)26-18(32)12(2-3-16(29)30)25-17(31)11(21)6-10-8-23-9-24-10/h8-9,11-14H,2-7,21H2,1H3,(H2,22,28)(H,23,24)(H,25,31)(H,26,32)(H,27,33)(H,29,30)(H,34,35). The number of carboxylic acid groups (broad SMARTS) is 2. The second kappa shape index (κ2) is 15.4. The molecule has 200 valence electrons. The highest BCUT2D eigenvalue weighted by Crippen LogP contribution is 2.06. The first-order chi connectivity index (χ1) is 16.9. The van der Waals surface area contributed by atoms with Crippen LogP contribution in [0, 0.1) is 0 Å². The molecule has 0 bridgehead atoms. The topological polar surface area (TPSA) is 260 Å². The highest BCUT2D eigenvalue weighted by Gasteiger charge is 2.31. The number of nitrogens with zero attached hydrogens (tertiary/aromatic N) is 1. The van der Waals surface area contributed by atoms with Crippen molar-refractivity contribution in [3.05, 3.63) is 18.2 Å².